The van der Waals surface area contributed by atoms with Gasteiger partial charge in [-0.3, -0.25) is 14.6 Å². The molecule has 0 aliphatic rings. The number of aromatic nitrogens is 1. The third kappa shape index (κ3) is 2.81. The van der Waals surface area contributed by atoms with Gasteiger partial charge in [-0.05, 0) is 23.6 Å². The van der Waals surface area contributed by atoms with E-state index in [-0.39, 0.29) is 12.2 Å². The fraction of sp³-hybridized carbons (Fsp3) is 0.154. The Morgan fingerprint density at radius 3 is 2.72 bits per heavy atom. The van der Waals surface area contributed by atoms with Crippen LogP contribution in [-0.4, -0.2) is 21.8 Å². The Morgan fingerprint density at radius 1 is 1.33 bits per heavy atom. The smallest absolute Gasteiger partial charge is 0.304 e. The van der Waals surface area contributed by atoms with E-state index in [9.17, 15) is 9.59 Å². The third-order valence-corrected chi connectivity index (χ3v) is 3.51. The number of ketones is 1. The molecular weight excluding hydrogens is 250 g/mol. The lowest BCUT2D eigenvalue weighted by Gasteiger charge is -2.11. The van der Waals surface area contributed by atoms with Crippen LogP contribution in [0.2, 0.25) is 0 Å². The SMILES string of the molecule is O=C(O)CC(C(=O)c1cccnc1)c1cccs1. The van der Waals surface area contributed by atoms with Crippen LogP contribution >= 0.6 is 11.3 Å². The van der Waals surface area contributed by atoms with Crippen LogP contribution in [-0.2, 0) is 4.79 Å². The van der Waals surface area contributed by atoms with Crippen molar-refractivity contribution >= 4 is 23.1 Å². The van der Waals surface area contributed by atoms with Gasteiger partial charge in [-0.2, -0.15) is 0 Å². The average Bonchev–Trinajstić information content (AvgIpc) is 2.89. The first kappa shape index (κ1) is 12.4. The third-order valence-electron chi connectivity index (χ3n) is 2.53. The summed E-state index contributed by atoms with van der Waals surface area (Å²) in [7, 11) is 0. The zero-order chi connectivity index (χ0) is 13.0. The second-order valence-electron chi connectivity index (χ2n) is 3.77. The maximum absolute atomic E-state index is 12.3. The van der Waals surface area contributed by atoms with Crippen LogP contribution in [0.1, 0.15) is 27.6 Å². The predicted octanol–water partition coefficient (Wildman–Crippen LogP) is 2.58. The van der Waals surface area contributed by atoms with Gasteiger partial charge in [0.05, 0.1) is 12.3 Å². The van der Waals surface area contributed by atoms with Gasteiger partial charge in [-0.25, -0.2) is 0 Å². The minimum Gasteiger partial charge on any atom is -0.481 e. The van der Waals surface area contributed by atoms with Crippen molar-refractivity contribution in [2.75, 3.05) is 0 Å². The number of carboxylic acid groups (broad SMARTS) is 1. The van der Waals surface area contributed by atoms with Gasteiger partial charge in [0.15, 0.2) is 5.78 Å². The number of hydrogen-bond donors (Lipinski definition) is 1. The fourth-order valence-corrected chi connectivity index (χ4v) is 2.52. The van der Waals surface area contributed by atoms with Gasteiger partial charge in [-0.15, -0.1) is 11.3 Å². The summed E-state index contributed by atoms with van der Waals surface area (Å²) in [6, 6.07) is 6.91. The molecule has 2 rings (SSSR count). The average molecular weight is 261 g/mol. The number of thiophene rings is 1. The summed E-state index contributed by atoms with van der Waals surface area (Å²) in [4.78, 5) is 27.8. The largest absolute Gasteiger partial charge is 0.481 e. The van der Waals surface area contributed by atoms with Gasteiger partial charge < -0.3 is 5.11 Å². The minimum absolute atomic E-state index is 0.200. The lowest BCUT2D eigenvalue weighted by Crippen LogP contribution is -2.16. The Kier molecular flexibility index (Phi) is 3.84. The quantitative estimate of drug-likeness (QED) is 0.840. The number of carboxylic acids is 1. The molecule has 4 nitrogen and oxygen atoms in total. The summed E-state index contributed by atoms with van der Waals surface area (Å²) in [5.41, 5.74) is 0.442. The van der Waals surface area contributed by atoms with Crippen molar-refractivity contribution in [2.45, 2.75) is 12.3 Å². The maximum atomic E-state index is 12.3. The monoisotopic (exact) mass is 261 g/mol. The number of aliphatic carboxylic acids is 1. The van der Waals surface area contributed by atoms with Gasteiger partial charge in [0.2, 0.25) is 0 Å². The van der Waals surface area contributed by atoms with Crippen LogP contribution in [0.15, 0.2) is 42.0 Å². The molecule has 1 unspecified atom stereocenters. The molecule has 0 saturated carbocycles. The van der Waals surface area contributed by atoms with E-state index in [0.717, 1.165) is 4.88 Å². The molecule has 0 aliphatic heterocycles. The van der Waals surface area contributed by atoms with Crippen molar-refractivity contribution in [1.82, 2.24) is 4.98 Å². The summed E-state index contributed by atoms with van der Waals surface area (Å²) in [5.74, 6) is -1.81. The van der Waals surface area contributed by atoms with Gasteiger partial charge in [0.25, 0.3) is 0 Å². The number of hydrogen-bond acceptors (Lipinski definition) is 4. The first-order valence-electron chi connectivity index (χ1n) is 5.38. The van der Waals surface area contributed by atoms with Gasteiger partial charge in [0, 0.05) is 22.8 Å². The van der Waals surface area contributed by atoms with E-state index < -0.39 is 11.9 Å². The number of pyridine rings is 1. The maximum Gasteiger partial charge on any atom is 0.304 e. The molecule has 0 fully saturated rings. The highest BCUT2D eigenvalue weighted by molar-refractivity contribution is 7.10. The van der Waals surface area contributed by atoms with E-state index in [4.69, 9.17) is 5.11 Å². The van der Waals surface area contributed by atoms with E-state index in [1.165, 1.54) is 17.5 Å². The highest BCUT2D eigenvalue weighted by Crippen LogP contribution is 2.27. The Bertz CT molecular complexity index is 537. The van der Waals surface area contributed by atoms with Crippen LogP contribution < -0.4 is 0 Å². The zero-order valence-electron chi connectivity index (χ0n) is 9.45. The second kappa shape index (κ2) is 5.55. The molecule has 0 aromatic carbocycles. The van der Waals surface area contributed by atoms with Crippen molar-refractivity contribution < 1.29 is 14.7 Å². The molecule has 0 saturated heterocycles. The summed E-state index contributed by atoms with van der Waals surface area (Å²) in [5, 5.41) is 10.7. The summed E-state index contributed by atoms with van der Waals surface area (Å²) in [6.45, 7) is 0. The van der Waals surface area contributed by atoms with Crippen molar-refractivity contribution in [3.8, 4) is 0 Å². The van der Waals surface area contributed by atoms with E-state index in [2.05, 4.69) is 4.98 Å². The predicted molar refractivity (Wildman–Crippen MR) is 67.9 cm³/mol. The summed E-state index contributed by atoms with van der Waals surface area (Å²) in [6.07, 6.45) is 2.84. The molecule has 5 heteroatoms. The Balaban J connectivity index is 2.30. The number of carbonyl (C=O) groups is 2. The molecule has 1 atom stereocenters. The summed E-state index contributed by atoms with van der Waals surface area (Å²) < 4.78 is 0. The van der Waals surface area contributed by atoms with Crippen LogP contribution in [0, 0.1) is 0 Å². The van der Waals surface area contributed by atoms with Gasteiger partial charge >= 0.3 is 5.97 Å². The van der Waals surface area contributed by atoms with E-state index in [1.807, 2.05) is 11.4 Å². The molecule has 0 bridgehead atoms. The van der Waals surface area contributed by atoms with Crippen LogP contribution in [0.5, 0.6) is 0 Å². The van der Waals surface area contributed by atoms with Crippen molar-refractivity contribution in [1.29, 1.82) is 0 Å². The lowest BCUT2D eigenvalue weighted by molar-refractivity contribution is -0.137. The Morgan fingerprint density at radius 2 is 2.17 bits per heavy atom. The molecule has 0 spiro atoms. The van der Waals surface area contributed by atoms with Gasteiger partial charge in [0.1, 0.15) is 0 Å². The van der Waals surface area contributed by atoms with Crippen LogP contribution in [0.25, 0.3) is 0 Å². The van der Waals surface area contributed by atoms with Crippen LogP contribution in [0.3, 0.4) is 0 Å². The summed E-state index contributed by atoms with van der Waals surface area (Å²) >= 11 is 1.39. The first-order valence-corrected chi connectivity index (χ1v) is 6.26. The molecule has 0 amide bonds. The Hall–Kier alpha value is -2.01. The van der Waals surface area contributed by atoms with Gasteiger partial charge in [-0.1, -0.05) is 6.07 Å². The molecule has 2 aromatic heterocycles. The molecule has 92 valence electrons. The van der Waals surface area contributed by atoms with Crippen molar-refractivity contribution in [3.63, 3.8) is 0 Å². The van der Waals surface area contributed by atoms with E-state index in [1.54, 1.807) is 24.4 Å². The topological polar surface area (TPSA) is 67.3 Å². The first-order chi connectivity index (χ1) is 8.68. The molecule has 2 heterocycles. The van der Waals surface area contributed by atoms with Crippen molar-refractivity contribution in [2.24, 2.45) is 0 Å². The standard InChI is InChI=1S/C13H11NO3S/c15-12(16)7-10(11-4-2-6-18-11)13(17)9-3-1-5-14-8-9/h1-6,8,10H,7H2,(H,15,16). The number of carbonyl (C=O) groups excluding carboxylic acids is 1. The highest BCUT2D eigenvalue weighted by Gasteiger charge is 2.25. The second-order valence-corrected chi connectivity index (χ2v) is 4.75. The molecular formula is C13H11NO3S. The van der Waals surface area contributed by atoms with Crippen LogP contribution in [0.4, 0.5) is 0 Å². The number of rotatable bonds is 5. The normalized spacial score (nSPS) is 12.0. The minimum atomic E-state index is -0.981. The van der Waals surface area contributed by atoms with E-state index in [0.29, 0.717) is 5.56 Å². The van der Waals surface area contributed by atoms with E-state index >= 15 is 0 Å². The number of nitrogens with zero attached hydrogens (tertiary/aromatic N) is 1. The Labute approximate surface area is 108 Å². The molecule has 18 heavy (non-hydrogen) atoms. The molecule has 2 aromatic rings. The fourth-order valence-electron chi connectivity index (χ4n) is 1.70. The molecule has 0 aliphatic carbocycles. The highest BCUT2D eigenvalue weighted by atomic mass is 32.1. The lowest BCUT2D eigenvalue weighted by atomic mass is 9.94. The zero-order valence-corrected chi connectivity index (χ0v) is 10.3. The number of Topliss-reactive ketones (excluding diaryl/α,β-unsaturated/α-hetero) is 1. The molecule has 1 N–H and O–H groups in total. The van der Waals surface area contributed by atoms with Crippen molar-refractivity contribution in [3.05, 3.63) is 52.5 Å². The molecule has 0 radical (unpaired) electrons.